The van der Waals surface area contributed by atoms with Crippen molar-refractivity contribution in [2.75, 3.05) is 33.8 Å². The molecule has 0 bridgehead atoms. The summed E-state index contributed by atoms with van der Waals surface area (Å²) in [5.41, 5.74) is 1.32. The summed E-state index contributed by atoms with van der Waals surface area (Å²) in [6.07, 6.45) is 4.11. The van der Waals surface area contributed by atoms with E-state index in [0.717, 1.165) is 31.4 Å². The molecule has 1 unspecified atom stereocenters. The van der Waals surface area contributed by atoms with Crippen LogP contribution < -0.4 is 0 Å². The number of carbonyl (C=O) groups is 2. The summed E-state index contributed by atoms with van der Waals surface area (Å²) < 4.78 is 7.88. The molecule has 2 aliphatic heterocycles. The van der Waals surface area contributed by atoms with Crippen molar-refractivity contribution in [3.05, 3.63) is 17.5 Å². The van der Waals surface area contributed by atoms with Gasteiger partial charge in [-0.05, 0) is 44.6 Å². The predicted molar refractivity (Wildman–Crippen MR) is 97.8 cm³/mol. The Kier molecular flexibility index (Phi) is 5.37. The molecule has 3 heterocycles. The standard InChI is InChI=1S/C19H30N4O3/c1-14-11-16(20-22(14)4)18(25)23-8-6-19(7-9-23)13-15(5-10-26-19)12-17(24)21(2)3/h11,15H,5-10,12-13H2,1-4H3. The zero-order valence-electron chi connectivity index (χ0n) is 16.3. The Morgan fingerprint density at radius 3 is 2.62 bits per heavy atom. The normalized spacial score (nSPS) is 22.5. The van der Waals surface area contributed by atoms with Crippen LogP contribution in [0.5, 0.6) is 0 Å². The van der Waals surface area contributed by atoms with Crippen LogP contribution in [0.1, 0.15) is 48.3 Å². The Balaban J connectivity index is 1.58. The molecule has 7 nitrogen and oxygen atoms in total. The molecular weight excluding hydrogens is 332 g/mol. The van der Waals surface area contributed by atoms with Crippen molar-refractivity contribution in [1.29, 1.82) is 0 Å². The van der Waals surface area contributed by atoms with Crippen molar-refractivity contribution in [3.63, 3.8) is 0 Å². The molecule has 7 heteroatoms. The molecule has 1 aromatic heterocycles. The van der Waals surface area contributed by atoms with E-state index in [1.54, 1.807) is 23.7 Å². The predicted octanol–water partition coefficient (Wildman–Crippen LogP) is 1.61. The minimum atomic E-state index is -0.174. The molecule has 2 fully saturated rings. The van der Waals surface area contributed by atoms with Crippen molar-refractivity contribution in [3.8, 4) is 0 Å². The summed E-state index contributed by atoms with van der Waals surface area (Å²) in [6, 6.07) is 1.84. The Hall–Kier alpha value is -1.89. The van der Waals surface area contributed by atoms with Crippen molar-refractivity contribution < 1.29 is 14.3 Å². The number of aromatic nitrogens is 2. The van der Waals surface area contributed by atoms with E-state index in [1.807, 2.05) is 24.9 Å². The van der Waals surface area contributed by atoms with Crippen LogP contribution in [0.25, 0.3) is 0 Å². The third kappa shape index (κ3) is 3.92. The zero-order chi connectivity index (χ0) is 18.9. The first-order valence-corrected chi connectivity index (χ1v) is 9.44. The van der Waals surface area contributed by atoms with Crippen LogP contribution in [-0.2, 0) is 16.6 Å². The molecule has 0 saturated carbocycles. The second-order valence-electron chi connectivity index (χ2n) is 7.97. The molecule has 1 atom stereocenters. The number of hydrogen-bond donors (Lipinski definition) is 0. The second-order valence-corrected chi connectivity index (χ2v) is 7.97. The molecule has 2 saturated heterocycles. The lowest BCUT2D eigenvalue weighted by molar-refractivity contribution is -0.139. The van der Waals surface area contributed by atoms with Gasteiger partial charge in [0.2, 0.25) is 5.91 Å². The Bertz CT molecular complexity index is 655. The van der Waals surface area contributed by atoms with Gasteiger partial charge in [0.15, 0.2) is 5.69 Å². The highest BCUT2D eigenvalue weighted by molar-refractivity contribution is 5.92. The van der Waals surface area contributed by atoms with Crippen LogP contribution in [0, 0.1) is 12.8 Å². The van der Waals surface area contributed by atoms with E-state index < -0.39 is 0 Å². The maximum absolute atomic E-state index is 12.7. The molecule has 2 amide bonds. The van der Waals surface area contributed by atoms with Gasteiger partial charge in [-0.25, -0.2) is 0 Å². The summed E-state index contributed by atoms with van der Waals surface area (Å²) >= 11 is 0. The van der Waals surface area contributed by atoms with Gasteiger partial charge in [0.1, 0.15) is 0 Å². The zero-order valence-corrected chi connectivity index (χ0v) is 16.3. The SMILES string of the molecule is Cc1cc(C(=O)N2CCC3(CC2)CC(CC(=O)N(C)C)CCO3)nn1C. The summed E-state index contributed by atoms with van der Waals surface area (Å²) in [5, 5.41) is 4.30. The maximum Gasteiger partial charge on any atom is 0.274 e. The lowest BCUT2D eigenvalue weighted by atomic mass is 9.78. The van der Waals surface area contributed by atoms with Crippen molar-refractivity contribution in [2.24, 2.45) is 13.0 Å². The van der Waals surface area contributed by atoms with Gasteiger partial charge in [-0.1, -0.05) is 0 Å². The van der Waals surface area contributed by atoms with Gasteiger partial charge in [-0.2, -0.15) is 5.10 Å². The number of hydrogen-bond acceptors (Lipinski definition) is 4. The first kappa shape index (κ1) is 18.9. The van der Waals surface area contributed by atoms with Gasteiger partial charge in [0.05, 0.1) is 5.60 Å². The minimum absolute atomic E-state index is 0.00121. The number of piperidine rings is 1. The molecule has 144 valence electrons. The second kappa shape index (κ2) is 7.39. The van der Waals surface area contributed by atoms with Gasteiger partial charge >= 0.3 is 0 Å². The van der Waals surface area contributed by atoms with E-state index in [-0.39, 0.29) is 17.4 Å². The molecule has 0 N–H and O–H groups in total. The fourth-order valence-corrected chi connectivity index (χ4v) is 4.03. The molecular formula is C19H30N4O3. The molecule has 0 aromatic carbocycles. The van der Waals surface area contributed by atoms with Gasteiger partial charge < -0.3 is 14.5 Å². The van der Waals surface area contributed by atoms with Gasteiger partial charge in [-0.15, -0.1) is 0 Å². The fourth-order valence-electron chi connectivity index (χ4n) is 4.03. The van der Waals surface area contributed by atoms with Crippen LogP contribution in [0.4, 0.5) is 0 Å². The van der Waals surface area contributed by atoms with Crippen LogP contribution in [0.2, 0.25) is 0 Å². The Morgan fingerprint density at radius 2 is 2.04 bits per heavy atom. The van der Waals surface area contributed by atoms with Crippen LogP contribution in [0.3, 0.4) is 0 Å². The van der Waals surface area contributed by atoms with Crippen LogP contribution >= 0.6 is 0 Å². The molecule has 3 rings (SSSR count). The van der Waals surface area contributed by atoms with Gasteiger partial charge in [0, 0.05) is 53.0 Å². The van der Waals surface area contributed by atoms with E-state index in [2.05, 4.69) is 5.10 Å². The highest BCUT2D eigenvalue weighted by atomic mass is 16.5. The van der Waals surface area contributed by atoms with E-state index in [9.17, 15) is 9.59 Å². The van der Waals surface area contributed by atoms with Gasteiger partial charge in [-0.3, -0.25) is 14.3 Å². The average Bonchev–Trinajstić information content (AvgIpc) is 2.94. The maximum atomic E-state index is 12.7. The monoisotopic (exact) mass is 362 g/mol. The molecule has 26 heavy (non-hydrogen) atoms. The van der Waals surface area contributed by atoms with Gasteiger partial charge in [0.25, 0.3) is 5.91 Å². The first-order valence-electron chi connectivity index (χ1n) is 9.44. The number of rotatable bonds is 3. The topological polar surface area (TPSA) is 67.7 Å². The van der Waals surface area contributed by atoms with Crippen molar-refractivity contribution >= 4 is 11.8 Å². The highest BCUT2D eigenvalue weighted by Gasteiger charge is 2.41. The largest absolute Gasteiger partial charge is 0.375 e. The van der Waals surface area contributed by atoms with Crippen molar-refractivity contribution in [2.45, 2.75) is 44.6 Å². The Morgan fingerprint density at radius 1 is 1.35 bits per heavy atom. The number of nitrogens with zero attached hydrogens (tertiary/aromatic N) is 4. The third-order valence-electron chi connectivity index (χ3n) is 5.85. The van der Waals surface area contributed by atoms with E-state index in [0.29, 0.717) is 37.7 Å². The van der Waals surface area contributed by atoms with E-state index >= 15 is 0 Å². The molecule has 1 spiro atoms. The summed E-state index contributed by atoms with van der Waals surface area (Å²) in [6.45, 7) is 4.02. The average molecular weight is 362 g/mol. The molecule has 0 aliphatic carbocycles. The number of amides is 2. The van der Waals surface area contributed by atoms with Crippen LogP contribution in [0.15, 0.2) is 6.07 Å². The molecule has 1 aromatic rings. The fraction of sp³-hybridized carbons (Fsp3) is 0.737. The lowest BCUT2D eigenvalue weighted by Gasteiger charge is -2.46. The number of aryl methyl sites for hydroxylation is 2. The first-order chi connectivity index (χ1) is 12.3. The number of likely N-dealkylation sites (tertiary alicyclic amines) is 1. The molecule has 2 aliphatic rings. The highest BCUT2D eigenvalue weighted by Crippen LogP contribution is 2.39. The smallest absolute Gasteiger partial charge is 0.274 e. The quantitative estimate of drug-likeness (QED) is 0.819. The number of carbonyl (C=O) groups excluding carboxylic acids is 2. The third-order valence-corrected chi connectivity index (χ3v) is 5.85. The molecule has 0 radical (unpaired) electrons. The lowest BCUT2D eigenvalue weighted by Crippen LogP contribution is -2.51. The van der Waals surface area contributed by atoms with E-state index in [1.165, 1.54) is 0 Å². The summed E-state index contributed by atoms with van der Waals surface area (Å²) in [5.74, 6) is 0.559. The van der Waals surface area contributed by atoms with E-state index in [4.69, 9.17) is 4.74 Å². The van der Waals surface area contributed by atoms with Crippen molar-refractivity contribution in [1.82, 2.24) is 19.6 Å². The van der Waals surface area contributed by atoms with Crippen LogP contribution in [-0.4, -0.2) is 70.8 Å². The summed E-state index contributed by atoms with van der Waals surface area (Å²) in [4.78, 5) is 28.3. The Labute approximate surface area is 155 Å². The minimum Gasteiger partial charge on any atom is -0.375 e. The summed E-state index contributed by atoms with van der Waals surface area (Å²) in [7, 11) is 5.46. The number of ether oxygens (including phenoxy) is 1.